The Morgan fingerprint density at radius 2 is 2.05 bits per heavy atom. The van der Waals surface area contributed by atoms with Crippen LogP contribution >= 0.6 is 24.0 Å². The molecule has 0 fully saturated rings. The van der Waals surface area contributed by atoms with Gasteiger partial charge >= 0.3 is 0 Å². The van der Waals surface area contributed by atoms with E-state index in [2.05, 4.69) is 10.0 Å². The molecule has 0 saturated heterocycles. The largest absolute Gasteiger partial charge is 0.482 e. The third kappa shape index (κ3) is 6.80. The van der Waals surface area contributed by atoms with Gasteiger partial charge in [0.05, 0.1) is 0 Å². The highest BCUT2D eigenvalue weighted by molar-refractivity contribution is 7.89. The fraction of sp³-hybridized carbons (Fsp3) is 0.417. The number of primary amides is 1. The minimum atomic E-state index is -3.79. The van der Waals surface area contributed by atoms with Crippen molar-refractivity contribution in [3.63, 3.8) is 0 Å². The van der Waals surface area contributed by atoms with E-state index in [4.69, 9.17) is 22.1 Å². The molecule has 0 aliphatic heterocycles. The third-order valence-electron chi connectivity index (χ3n) is 2.41. The molecule has 0 unspecified atom stereocenters. The second-order valence-corrected chi connectivity index (χ2v) is 6.27. The van der Waals surface area contributed by atoms with Gasteiger partial charge in [0.1, 0.15) is 10.6 Å². The van der Waals surface area contributed by atoms with Crippen molar-refractivity contribution in [3.05, 3.63) is 23.2 Å². The van der Waals surface area contributed by atoms with Crippen molar-refractivity contribution in [2.24, 2.45) is 5.73 Å². The van der Waals surface area contributed by atoms with Gasteiger partial charge in [0.2, 0.25) is 10.0 Å². The molecule has 0 radical (unpaired) electrons. The van der Waals surface area contributed by atoms with Gasteiger partial charge in [-0.2, -0.15) is 0 Å². The smallest absolute Gasteiger partial charge is 0.255 e. The van der Waals surface area contributed by atoms with Crippen molar-refractivity contribution >= 4 is 39.9 Å². The van der Waals surface area contributed by atoms with Crippen molar-refractivity contribution in [1.29, 1.82) is 0 Å². The number of ether oxygens (including phenoxy) is 1. The lowest BCUT2D eigenvalue weighted by Crippen LogP contribution is -2.32. The van der Waals surface area contributed by atoms with E-state index in [1.165, 1.54) is 18.2 Å². The van der Waals surface area contributed by atoms with Crippen LogP contribution in [0.25, 0.3) is 0 Å². The first kappa shape index (κ1) is 20.9. The van der Waals surface area contributed by atoms with E-state index in [1.807, 2.05) is 6.92 Å². The SMILES string of the molecule is CCNCCNS(=O)(=O)c1cc(Cl)ccc1OCC(N)=O.Cl. The molecule has 0 aromatic heterocycles. The molecule has 0 aliphatic rings. The Hall–Kier alpha value is -1.06. The lowest BCUT2D eigenvalue weighted by atomic mass is 10.3. The molecular weight excluding hydrogens is 353 g/mol. The maximum atomic E-state index is 12.2. The number of amides is 1. The van der Waals surface area contributed by atoms with E-state index in [-0.39, 0.29) is 34.6 Å². The number of benzene rings is 1. The summed E-state index contributed by atoms with van der Waals surface area (Å²) in [5.41, 5.74) is 4.98. The van der Waals surface area contributed by atoms with Crippen LogP contribution in [0.5, 0.6) is 5.75 Å². The van der Waals surface area contributed by atoms with Crippen molar-refractivity contribution in [2.75, 3.05) is 26.2 Å². The summed E-state index contributed by atoms with van der Waals surface area (Å²) in [4.78, 5) is 10.6. The van der Waals surface area contributed by atoms with Crippen LogP contribution < -0.4 is 20.5 Å². The van der Waals surface area contributed by atoms with Gasteiger partial charge in [-0.05, 0) is 24.7 Å². The van der Waals surface area contributed by atoms with Gasteiger partial charge < -0.3 is 15.8 Å². The van der Waals surface area contributed by atoms with Crippen molar-refractivity contribution in [2.45, 2.75) is 11.8 Å². The average Bonchev–Trinajstić information content (AvgIpc) is 2.42. The topological polar surface area (TPSA) is 111 Å². The predicted molar refractivity (Wildman–Crippen MR) is 87.1 cm³/mol. The van der Waals surface area contributed by atoms with Gasteiger partial charge in [-0.1, -0.05) is 18.5 Å². The molecule has 126 valence electrons. The van der Waals surface area contributed by atoms with Gasteiger partial charge in [0.15, 0.2) is 6.61 Å². The van der Waals surface area contributed by atoms with Crippen LogP contribution in [0.2, 0.25) is 5.02 Å². The maximum Gasteiger partial charge on any atom is 0.255 e. The van der Waals surface area contributed by atoms with E-state index in [0.29, 0.717) is 6.54 Å². The molecule has 0 aliphatic carbocycles. The molecule has 1 rings (SSSR count). The van der Waals surface area contributed by atoms with Crippen LogP contribution in [0.4, 0.5) is 0 Å². The fourth-order valence-corrected chi connectivity index (χ4v) is 2.93. The third-order valence-corrected chi connectivity index (χ3v) is 4.13. The molecule has 1 aromatic rings. The summed E-state index contributed by atoms with van der Waals surface area (Å²) in [6.45, 7) is 2.96. The van der Waals surface area contributed by atoms with E-state index >= 15 is 0 Å². The van der Waals surface area contributed by atoms with Gasteiger partial charge in [-0.25, -0.2) is 13.1 Å². The highest BCUT2D eigenvalue weighted by Crippen LogP contribution is 2.27. The first-order valence-electron chi connectivity index (χ1n) is 6.28. The molecule has 0 bridgehead atoms. The van der Waals surface area contributed by atoms with Crippen LogP contribution in [0, 0.1) is 0 Å². The fourth-order valence-electron chi connectivity index (χ4n) is 1.49. The van der Waals surface area contributed by atoms with Gasteiger partial charge in [-0.3, -0.25) is 4.79 Å². The van der Waals surface area contributed by atoms with Gasteiger partial charge in [0.25, 0.3) is 5.91 Å². The van der Waals surface area contributed by atoms with E-state index < -0.39 is 22.5 Å². The molecule has 0 spiro atoms. The predicted octanol–water partition coefficient (Wildman–Crippen LogP) is 0.514. The van der Waals surface area contributed by atoms with E-state index in [9.17, 15) is 13.2 Å². The Morgan fingerprint density at radius 1 is 1.36 bits per heavy atom. The number of rotatable bonds is 9. The summed E-state index contributed by atoms with van der Waals surface area (Å²) >= 11 is 5.82. The zero-order valence-corrected chi connectivity index (χ0v) is 14.4. The Bertz CT molecular complexity index is 596. The zero-order valence-electron chi connectivity index (χ0n) is 12.0. The molecule has 22 heavy (non-hydrogen) atoms. The first-order valence-corrected chi connectivity index (χ1v) is 8.14. The summed E-state index contributed by atoms with van der Waals surface area (Å²) in [6, 6.07) is 4.10. The summed E-state index contributed by atoms with van der Waals surface area (Å²) < 4.78 is 32.0. The molecular formula is C12H19Cl2N3O4S. The summed E-state index contributed by atoms with van der Waals surface area (Å²) in [5, 5.41) is 3.24. The Labute approximate surface area is 141 Å². The lowest BCUT2D eigenvalue weighted by Gasteiger charge is -2.12. The van der Waals surface area contributed by atoms with Crippen LogP contribution in [-0.2, 0) is 14.8 Å². The molecule has 0 saturated carbocycles. The van der Waals surface area contributed by atoms with E-state index in [1.54, 1.807) is 0 Å². The quantitative estimate of drug-likeness (QED) is 0.547. The monoisotopic (exact) mass is 371 g/mol. The number of nitrogens with two attached hydrogens (primary N) is 1. The van der Waals surface area contributed by atoms with Crippen molar-refractivity contribution < 1.29 is 17.9 Å². The zero-order chi connectivity index (χ0) is 15.9. The summed E-state index contributed by atoms with van der Waals surface area (Å²) in [5.74, 6) is -0.678. The van der Waals surface area contributed by atoms with Crippen LogP contribution in [0.3, 0.4) is 0 Å². The second kappa shape index (κ2) is 9.86. The Morgan fingerprint density at radius 3 is 2.64 bits per heavy atom. The highest BCUT2D eigenvalue weighted by atomic mass is 35.5. The molecule has 10 heteroatoms. The first-order chi connectivity index (χ1) is 9.86. The normalized spacial score (nSPS) is 10.8. The number of carbonyl (C=O) groups is 1. The number of hydrogen-bond donors (Lipinski definition) is 3. The average molecular weight is 372 g/mol. The van der Waals surface area contributed by atoms with E-state index in [0.717, 1.165) is 6.54 Å². The standard InChI is InChI=1S/C12H18ClN3O4S.ClH/c1-2-15-5-6-16-21(18,19)11-7-9(13)3-4-10(11)20-8-12(14)17;/h3-4,7,15-16H,2,5-6,8H2,1H3,(H2,14,17);1H. The van der Waals surface area contributed by atoms with Crippen LogP contribution in [0.1, 0.15) is 6.92 Å². The van der Waals surface area contributed by atoms with Crippen LogP contribution in [0.15, 0.2) is 23.1 Å². The number of halogens is 2. The number of carbonyl (C=O) groups excluding carboxylic acids is 1. The Balaban J connectivity index is 0.00000441. The van der Waals surface area contributed by atoms with Gasteiger partial charge in [-0.15, -0.1) is 12.4 Å². The Kier molecular flexibility index (Phi) is 9.38. The molecule has 1 aromatic carbocycles. The summed E-state index contributed by atoms with van der Waals surface area (Å²) in [6.07, 6.45) is 0. The number of hydrogen-bond acceptors (Lipinski definition) is 5. The molecule has 0 atom stereocenters. The molecule has 0 heterocycles. The maximum absolute atomic E-state index is 12.2. The van der Waals surface area contributed by atoms with Crippen molar-refractivity contribution in [1.82, 2.24) is 10.0 Å². The minimum Gasteiger partial charge on any atom is -0.482 e. The summed E-state index contributed by atoms with van der Waals surface area (Å²) in [7, 11) is -3.79. The lowest BCUT2D eigenvalue weighted by molar-refractivity contribution is -0.120. The molecule has 1 amide bonds. The number of likely N-dealkylation sites (N-methyl/N-ethyl adjacent to an activating group) is 1. The van der Waals surface area contributed by atoms with Crippen molar-refractivity contribution in [3.8, 4) is 5.75 Å². The highest BCUT2D eigenvalue weighted by Gasteiger charge is 2.20. The minimum absolute atomic E-state index is 0. The molecule has 7 nitrogen and oxygen atoms in total. The molecule has 4 N–H and O–H groups in total. The van der Waals surface area contributed by atoms with Gasteiger partial charge in [0, 0.05) is 18.1 Å². The van der Waals surface area contributed by atoms with Crippen LogP contribution in [-0.4, -0.2) is 40.6 Å². The second-order valence-electron chi connectivity index (χ2n) is 4.10. The number of sulfonamides is 1. The number of nitrogens with one attached hydrogen (secondary N) is 2.